The number of anilines is 2. The highest BCUT2D eigenvalue weighted by molar-refractivity contribution is 5.85. The molecule has 15 heavy (non-hydrogen) atoms. The Morgan fingerprint density at radius 1 is 1.00 bits per heavy atom. The van der Waals surface area contributed by atoms with Crippen LogP contribution in [-0.2, 0) is 0 Å². The first-order valence-corrected chi connectivity index (χ1v) is 4.77. The Morgan fingerprint density at radius 3 is 2.93 bits per heavy atom. The zero-order chi connectivity index (χ0) is 10.1. The summed E-state index contributed by atoms with van der Waals surface area (Å²) in [6.45, 7) is 0. The summed E-state index contributed by atoms with van der Waals surface area (Å²) in [6, 6.07) is 5.94. The van der Waals surface area contributed by atoms with Crippen molar-refractivity contribution in [2.45, 2.75) is 0 Å². The molecule has 0 bridgehead atoms. The Kier molecular flexibility index (Phi) is 1.75. The van der Waals surface area contributed by atoms with Crippen molar-refractivity contribution in [3.63, 3.8) is 0 Å². The SMILES string of the molecule is C1=Cc2cccnc2Nc2cnccc21. The lowest BCUT2D eigenvalue weighted by molar-refractivity contribution is 1.27. The molecule has 2 aromatic heterocycles. The van der Waals surface area contributed by atoms with Crippen LogP contribution >= 0.6 is 0 Å². The molecular weight excluding hydrogens is 186 g/mol. The number of fused-ring (bicyclic) bond motifs is 2. The summed E-state index contributed by atoms with van der Waals surface area (Å²) in [5, 5.41) is 3.27. The second-order valence-electron chi connectivity index (χ2n) is 3.36. The summed E-state index contributed by atoms with van der Waals surface area (Å²) in [5.41, 5.74) is 3.21. The Morgan fingerprint density at radius 2 is 1.93 bits per heavy atom. The fourth-order valence-corrected chi connectivity index (χ4v) is 1.62. The molecule has 0 saturated heterocycles. The van der Waals surface area contributed by atoms with E-state index in [1.165, 1.54) is 0 Å². The molecule has 72 valence electrons. The highest BCUT2D eigenvalue weighted by Crippen LogP contribution is 2.27. The van der Waals surface area contributed by atoms with Gasteiger partial charge in [-0.15, -0.1) is 0 Å². The minimum Gasteiger partial charge on any atom is -0.338 e. The number of rotatable bonds is 0. The maximum atomic E-state index is 4.29. The maximum absolute atomic E-state index is 4.29. The number of pyridine rings is 2. The molecule has 0 saturated carbocycles. The Labute approximate surface area is 87.5 Å². The van der Waals surface area contributed by atoms with E-state index < -0.39 is 0 Å². The molecule has 0 amide bonds. The van der Waals surface area contributed by atoms with Crippen LogP contribution < -0.4 is 5.32 Å². The first kappa shape index (κ1) is 8.17. The Bertz CT molecular complexity index is 484. The predicted octanol–water partition coefficient (Wildman–Crippen LogP) is 2.70. The highest BCUT2D eigenvalue weighted by atomic mass is 15.0. The van der Waals surface area contributed by atoms with Gasteiger partial charge in [0.1, 0.15) is 5.82 Å². The van der Waals surface area contributed by atoms with Crippen molar-refractivity contribution in [1.29, 1.82) is 0 Å². The van der Waals surface area contributed by atoms with E-state index in [-0.39, 0.29) is 0 Å². The minimum atomic E-state index is 0.875. The van der Waals surface area contributed by atoms with Crippen molar-refractivity contribution in [2.75, 3.05) is 5.32 Å². The molecule has 3 rings (SSSR count). The van der Waals surface area contributed by atoms with Gasteiger partial charge in [-0.3, -0.25) is 4.98 Å². The lowest BCUT2D eigenvalue weighted by atomic mass is 10.2. The van der Waals surface area contributed by atoms with Gasteiger partial charge in [-0.05, 0) is 18.2 Å². The van der Waals surface area contributed by atoms with Crippen molar-refractivity contribution in [3.8, 4) is 0 Å². The molecule has 1 N–H and O–H groups in total. The quantitative estimate of drug-likeness (QED) is 0.599. The average Bonchev–Trinajstić information content (AvgIpc) is 2.48. The van der Waals surface area contributed by atoms with Crippen LogP contribution in [0.5, 0.6) is 0 Å². The fraction of sp³-hybridized carbons (Fsp3) is 0. The van der Waals surface area contributed by atoms with Gasteiger partial charge in [0.05, 0.1) is 11.9 Å². The number of nitrogens with one attached hydrogen (secondary N) is 1. The lowest BCUT2D eigenvalue weighted by Crippen LogP contribution is -1.95. The molecule has 0 fully saturated rings. The van der Waals surface area contributed by atoms with Gasteiger partial charge in [-0.25, -0.2) is 4.98 Å². The van der Waals surface area contributed by atoms with Crippen LogP contribution in [0.3, 0.4) is 0 Å². The molecule has 3 heterocycles. The van der Waals surface area contributed by atoms with E-state index in [9.17, 15) is 0 Å². The molecule has 0 atom stereocenters. The van der Waals surface area contributed by atoms with E-state index in [0.29, 0.717) is 0 Å². The molecule has 2 aromatic rings. The van der Waals surface area contributed by atoms with Crippen LogP contribution in [0.1, 0.15) is 11.1 Å². The minimum absolute atomic E-state index is 0.875. The second kappa shape index (κ2) is 3.20. The van der Waals surface area contributed by atoms with Gasteiger partial charge in [0.2, 0.25) is 0 Å². The maximum Gasteiger partial charge on any atom is 0.137 e. The van der Waals surface area contributed by atoms with Crippen molar-refractivity contribution in [1.82, 2.24) is 9.97 Å². The van der Waals surface area contributed by atoms with Crippen LogP contribution in [0.15, 0.2) is 36.8 Å². The van der Waals surface area contributed by atoms with Crippen LogP contribution in [0, 0.1) is 0 Å². The molecule has 3 heteroatoms. The van der Waals surface area contributed by atoms with E-state index in [2.05, 4.69) is 27.4 Å². The van der Waals surface area contributed by atoms with Crippen molar-refractivity contribution >= 4 is 23.7 Å². The van der Waals surface area contributed by atoms with Gasteiger partial charge < -0.3 is 5.32 Å². The van der Waals surface area contributed by atoms with Gasteiger partial charge in [0.15, 0.2) is 0 Å². The third kappa shape index (κ3) is 1.38. The molecule has 3 nitrogen and oxygen atoms in total. The normalized spacial score (nSPS) is 12.3. The number of nitrogens with zero attached hydrogens (tertiary/aromatic N) is 2. The topological polar surface area (TPSA) is 37.8 Å². The molecule has 0 unspecified atom stereocenters. The standard InChI is InChI=1S/C12H9N3/c1-2-10-4-3-9-5-7-13-8-11(9)15-12(10)14-6-1/h1-8H,(H,14,15). The van der Waals surface area contributed by atoms with Gasteiger partial charge in [0, 0.05) is 23.5 Å². The third-order valence-corrected chi connectivity index (χ3v) is 2.39. The van der Waals surface area contributed by atoms with Crippen molar-refractivity contribution in [2.24, 2.45) is 0 Å². The third-order valence-electron chi connectivity index (χ3n) is 2.39. The lowest BCUT2D eigenvalue weighted by Gasteiger charge is -2.06. The summed E-state index contributed by atoms with van der Waals surface area (Å²) < 4.78 is 0. The zero-order valence-corrected chi connectivity index (χ0v) is 8.01. The van der Waals surface area contributed by atoms with E-state index >= 15 is 0 Å². The molecule has 0 radical (unpaired) electrons. The van der Waals surface area contributed by atoms with Crippen molar-refractivity contribution < 1.29 is 0 Å². The summed E-state index contributed by atoms with van der Waals surface area (Å²) in [4.78, 5) is 8.38. The van der Waals surface area contributed by atoms with E-state index in [4.69, 9.17) is 0 Å². The van der Waals surface area contributed by atoms with Gasteiger partial charge in [0.25, 0.3) is 0 Å². The van der Waals surface area contributed by atoms with Gasteiger partial charge >= 0.3 is 0 Å². The summed E-state index contributed by atoms with van der Waals surface area (Å²) in [5.74, 6) is 0.875. The summed E-state index contributed by atoms with van der Waals surface area (Å²) in [7, 11) is 0. The molecule has 0 aromatic carbocycles. The molecule has 0 spiro atoms. The number of hydrogen-bond acceptors (Lipinski definition) is 3. The van der Waals surface area contributed by atoms with Crippen molar-refractivity contribution in [3.05, 3.63) is 47.9 Å². The smallest absolute Gasteiger partial charge is 0.137 e. The predicted molar refractivity (Wildman–Crippen MR) is 60.7 cm³/mol. The van der Waals surface area contributed by atoms with Gasteiger partial charge in [-0.2, -0.15) is 0 Å². The summed E-state index contributed by atoms with van der Waals surface area (Å²) in [6.07, 6.45) is 9.50. The van der Waals surface area contributed by atoms with E-state index in [1.54, 1.807) is 12.4 Å². The Hall–Kier alpha value is -2.16. The monoisotopic (exact) mass is 195 g/mol. The zero-order valence-electron chi connectivity index (χ0n) is 8.01. The first-order chi connectivity index (χ1) is 7.43. The summed E-state index contributed by atoms with van der Waals surface area (Å²) >= 11 is 0. The van der Waals surface area contributed by atoms with Crippen LogP contribution in [-0.4, -0.2) is 9.97 Å². The molecule has 1 aliphatic rings. The largest absolute Gasteiger partial charge is 0.338 e. The molecule has 1 aliphatic heterocycles. The number of aromatic nitrogens is 2. The highest BCUT2D eigenvalue weighted by Gasteiger charge is 2.07. The first-order valence-electron chi connectivity index (χ1n) is 4.77. The Balaban J connectivity index is 2.19. The second-order valence-corrected chi connectivity index (χ2v) is 3.36. The van der Waals surface area contributed by atoms with Crippen LogP contribution in [0.2, 0.25) is 0 Å². The van der Waals surface area contributed by atoms with Gasteiger partial charge in [-0.1, -0.05) is 12.2 Å². The van der Waals surface area contributed by atoms with Crippen LogP contribution in [0.25, 0.3) is 12.2 Å². The van der Waals surface area contributed by atoms with E-state index in [1.807, 2.05) is 24.4 Å². The number of hydrogen-bond donors (Lipinski definition) is 1. The molecular formula is C12H9N3. The van der Waals surface area contributed by atoms with Crippen LogP contribution in [0.4, 0.5) is 11.5 Å². The molecule has 0 aliphatic carbocycles. The fourth-order valence-electron chi connectivity index (χ4n) is 1.62. The average molecular weight is 195 g/mol. The van der Waals surface area contributed by atoms with E-state index in [0.717, 1.165) is 22.6 Å².